The second-order valence-corrected chi connectivity index (χ2v) is 7.18. The van der Waals surface area contributed by atoms with Gasteiger partial charge in [0.25, 0.3) is 0 Å². The molecule has 1 aromatic carbocycles. The van der Waals surface area contributed by atoms with E-state index in [0.29, 0.717) is 25.3 Å². The van der Waals surface area contributed by atoms with E-state index in [1.54, 1.807) is 0 Å². The number of carbonyl (C=O) groups excluding carboxylic acids is 2. The quantitative estimate of drug-likeness (QED) is 0.862. The summed E-state index contributed by atoms with van der Waals surface area (Å²) in [7, 11) is 0. The number of hydrogen-bond acceptors (Lipinski definition) is 2. The molecule has 22 heavy (non-hydrogen) atoms. The van der Waals surface area contributed by atoms with Crippen LogP contribution in [0.5, 0.6) is 0 Å². The van der Waals surface area contributed by atoms with Gasteiger partial charge < -0.3 is 10.6 Å². The maximum Gasteiger partial charge on any atom is 0.225 e. The molecule has 2 N–H and O–H groups in total. The Labute approximate surface area is 139 Å². The van der Waals surface area contributed by atoms with Gasteiger partial charge in [-0.15, -0.1) is 0 Å². The first-order chi connectivity index (χ1) is 10.6. The van der Waals surface area contributed by atoms with E-state index in [-0.39, 0.29) is 23.8 Å². The summed E-state index contributed by atoms with van der Waals surface area (Å²) in [5.41, 5.74) is 1.17. The van der Waals surface area contributed by atoms with Gasteiger partial charge in [0.15, 0.2) is 0 Å². The van der Waals surface area contributed by atoms with Gasteiger partial charge in [-0.2, -0.15) is 0 Å². The highest BCUT2D eigenvalue weighted by molar-refractivity contribution is 9.10. The summed E-state index contributed by atoms with van der Waals surface area (Å²) in [6, 6.07) is 8.29. The van der Waals surface area contributed by atoms with Gasteiger partial charge in [0.05, 0.1) is 12.0 Å². The molecular formula is C17H21BrN2O2. The van der Waals surface area contributed by atoms with E-state index < -0.39 is 0 Å². The second kappa shape index (κ2) is 6.82. The van der Waals surface area contributed by atoms with Crippen LogP contribution in [0.4, 0.5) is 0 Å². The number of rotatable bonds is 4. The summed E-state index contributed by atoms with van der Waals surface area (Å²) in [6.07, 6.45) is 4.68. The average Bonchev–Trinajstić information content (AvgIpc) is 2.46. The molecule has 1 aliphatic heterocycles. The third kappa shape index (κ3) is 3.51. The Balaban J connectivity index is 1.68. The average molecular weight is 365 g/mol. The Morgan fingerprint density at radius 3 is 2.50 bits per heavy atom. The van der Waals surface area contributed by atoms with Crippen molar-refractivity contribution in [2.75, 3.05) is 6.54 Å². The molecule has 2 aliphatic rings. The predicted molar refractivity (Wildman–Crippen MR) is 88.1 cm³/mol. The standard InChI is InChI=1S/C17H21BrN2O2/c18-14-7-4-12(5-8-14)16(11-2-1-3-11)20-17(22)13-6-9-15(21)19-10-13/h4-5,7-8,11,13,16H,1-3,6,9-10H2,(H,19,21)(H,20,22). The lowest BCUT2D eigenvalue weighted by molar-refractivity contribution is -0.129. The van der Waals surface area contributed by atoms with Crippen LogP contribution >= 0.6 is 15.9 Å². The van der Waals surface area contributed by atoms with Crippen molar-refractivity contribution in [1.82, 2.24) is 10.6 Å². The number of amides is 2. The van der Waals surface area contributed by atoms with Crippen molar-refractivity contribution in [2.45, 2.75) is 38.1 Å². The van der Waals surface area contributed by atoms with Crippen molar-refractivity contribution in [3.8, 4) is 0 Å². The molecular weight excluding hydrogens is 344 g/mol. The molecule has 0 radical (unpaired) electrons. The summed E-state index contributed by atoms with van der Waals surface area (Å²) >= 11 is 3.45. The Morgan fingerprint density at radius 2 is 1.95 bits per heavy atom. The van der Waals surface area contributed by atoms with Gasteiger partial charge in [0.1, 0.15) is 0 Å². The van der Waals surface area contributed by atoms with Gasteiger partial charge in [-0.1, -0.05) is 34.5 Å². The molecule has 1 saturated heterocycles. The highest BCUT2D eigenvalue weighted by Crippen LogP contribution is 2.38. The van der Waals surface area contributed by atoms with E-state index in [1.807, 2.05) is 12.1 Å². The minimum absolute atomic E-state index is 0.0486. The highest BCUT2D eigenvalue weighted by atomic mass is 79.9. The van der Waals surface area contributed by atoms with E-state index in [0.717, 1.165) is 4.47 Å². The fourth-order valence-electron chi connectivity index (χ4n) is 3.14. The van der Waals surface area contributed by atoms with E-state index in [1.165, 1.54) is 24.8 Å². The van der Waals surface area contributed by atoms with Crippen molar-refractivity contribution in [3.63, 3.8) is 0 Å². The van der Waals surface area contributed by atoms with Gasteiger partial charge in [0.2, 0.25) is 11.8 Å². The van der Waals surface area contributed by atoms with Crippen LogP contribution in [0.25, 0.3) is 0 Å². The lowest BCUT2D eigenvalue weighted by Crippen LogP contribution is -2.45. The maximum absolute atomic E-state index is 12.5. The van der Waals surface area contributed by atoms with Gasteiger partial charge >= 0.3 is 0 Å². The minimum atomic E-state index is -0.101. The first-order valence-electron chi connectivity index (χ1n) is 7.96. The van der Waals surface area contributed by atoms with Crippen LogP contribution in [-0.2, 0) is 9.59 Å². The van der Waals surface area contributed by atoms with Crippen LogP contribution in [0.3, 0.4) is 0 Å². The summed E-state index contributed by atoms with van der Waals surface area (Å²) in [5.74, 6) is 0.548. The molecule has 1 aromatic rings. The molecule has 0 bridgehead atoms. The van der Waals surface area contributed by atoms with Crippen LogP contribution in [0.15, 0.2) is 28.7 Å². The molecule has 0 aromatic heterocycles. The van der Waals surface area contributed by atoms with E-state index in [4.69, 9.17) is 0 Å². The van der Waals surface area contributed by atoms with Crippen LogP contribution < -0.4 is 10.6 Å². The zero-order chi connectivity index (χ0) is 15.5. The number of piperidine rings is 1. The van der Waals surface area contributed by atoms with Crippen molar-refractivity contribution in [1.29, 1.82) is 0 Å². The number of nitrogens with one attached hydrogen (secondary N) is 2. The molecule has 1 heterocycles. The molecule has 2 amide bonds. The Hall–Kier alpha value is -1.36. The number of hydrogen-bond donors (Lipinski definition) is 2. The minimum Gasteiger partial charge on any atom is -0.355 e. The molecule has 1 aliphatic carbocycles. The first-order valence-corrected chi connectivity index (χ1v) is 8.75. The van der Waals surface area contributed by atoms with Gasteiger partial charge in [-0.3, -0.25) is 9.59 Å². The smallest absolute Gasteiger partial charge is 0.225 e. The first kappa shape index (κ1) is 15.5. The molecule has 0 spiro atoms. The second-order valence-electron chi connectivity index (χ2n) is 6.27. The summed E-state index contributed by atoms with van der Waals surface area (Å²) in [5, 5.41) is 6.02. The number of benzene rings is 1. The van der Waals surface area contributed by atoms with Crippen LogP contribution in [0.2, 0.25) is 0 Å². The highest BCUT2D eigenvalue weighted by Gasteiger charge is 2.32. The summed E-state index contributed by atoms with van der Waals surface area (Å²) < 4.78 is 1.05. The molecule has 2 unspecified atom stereocenters. The largest absolute Gasteiger partial charge is 0.355 e. The molecule has 5 heteroatoms. The van der Waals surface area contributed by atoms with Gasteiger partial charge in [-0.05, 0) is 42.9 Å². The Bertz CT molecular complexity index is 544. The van der Waals surface area contributed by atoms with Crippen molar-refractivity contribution >= 4 is 27.7 Å². The monoisotopic (exact) mass is 364 g/mol. The summed E-state index contributed by atoms with van der Waals surface area (Å²) in [6.45, 7) is 0.461. The molecule has 1 saturated carbocycles. The molecule has 2 atom stereocenters. The fourth-order valence-corrected chi connectivity index (χ4v) is 3.41. The number of carbonyl (C=O) groups is 2. The van der Waals surface area contributed by atoms with Crippen molar-refractivity contribution < 1.29 is 9.59 Å². The van der Waals surface area contributed by atoms with Crippen molar-refractivity contribution in [3.05, 3.63) is 34.3 Å². The maximum atomic E-state index is 12.5. The third-order valence-electron chi connectivity index (χ3n) is 4.78. The number of halogens is 1. The van der Waals surface area contributed by atoms with E-state index in [2.05, 4.69) is 38.7 Å². The van der Waals surface area contributed by atoms with Crippen LogP contribution in [-0.4, -0.2) is 18.4 Å². The fraction of sp³-hybridized carbons (Fsp3) is 0.529. The van der Waals surface area contributed by atoms with E-state index in [9.17, 15) is 9.59 Å². The third-order valence-corrected chi connectivity index (χ3v) is 5.31. The van der Waals surface area contributed by atoms with Gasteiger partial charge in [-0.25, -0.2) is 0 Å². The molecule has 2 fully saturated rings. The van der Waals surface area contributed by atoms with Crippen LogP contribution in [0.1, 0.15) is 43.7 Å². The Morgan fingerprint density at radius 1 is 1.23 bits per heavy atom. The summed E-state index contributed by atoms with van der Waals surface area (Å²) in [4.78, 5) is 23.8. The lowest BCUT2D eigenvalue weighted by atomic mass is 9.77. The van der Waals surface area contributed by atoms with E-state index >= 15 is 0 Å². The normalized spacial score (nSPS) is 23.3. The van der Waals surface area contributed by atoms with Crippen molar-refractivity contribution in [2.24, 2.45) is 11.8 Å². The zero-order valence-corrected chi connectivity index (χ0v) is 14.1. The topological polar surface area (TPSA) is 58.2 Å². The molecule has 118 valence electrons. The van der Waals surface area contributed by atoms with Crippen LogP contribution in [0, 0.1) is 11.8 Å². The molecule has 3 rings (SSSR count). The molecule has 4 nitrogen and oxygen atoms in total. The van der Waals surface area contributed by atoms with Gasteiger partial charge in [0, 0.05) is 17.4 Å². The predicted octanol–water partition coefficient (Wildman–Crippen LogP) is 2.93. The zero-order valence-electron chi connectivity index (χ0n) is 12.5. The Kier molecular flexibility index (Phi) is 4.81. The SMILES string of the molecule is O=C1CCC(C(=O)NC(c2ccc(Br)cc2)C2CCC2)CN1. The lowest BCUT2D eigenvalue weighted by Gasteiger charge is -2.36.